The zero-order valence-electron chi connectivity index (χ0n) is 14.9. The summed E-state index contributed by atoms with van der Waals surface area (Å²) in [5.41, 5.74) is 1.59. The second kappa shape index (κ2) is 8.55. The van der Waals surface area contributed by atoms with Gasteiger partial charge in [0.1, 0.15) is 10.0 Å². The van der Waals surface area contributed by atoms with E-state index in [0.717, 1.165) is 6.42 Å². The fourth-order valence-corrected chi connectivity index (χ4v) is 3.47. The van der Waals surface area contributed by atoms with E-state index in [9.17, 15) is 25.0 Å². The Morgan fingerprint density at radius 3 is 1.59 bits per heavy atom. The quantitative estimate of drug-likeness (QED) is 0.333. The van der Waals surface area contributed by atoms with Crippen LogP contribution in [0.3, 0.4) is 0 Å². The largest absolute Gasteiger partial charge is 0.289 e. The molecule has 2 aromatic carbocycles. The minimum absolute atomic E-state index is 0.0250. The number of rotatable bonds is 4. The molecule has 29 heavy (non-hydrogen) atoms. The Morgan fingerprint density at radius 2 is 1.21 bits per heavy atom. The zero-order chi connectivity index (χ0) is 21.1. The van der Waals surface area contributed by atoms with Gasteiger partial charge in [0.25, 0.3) is 11.4 Å². The number of benzene rings is 2. The van der Waals surface area contributed by atoms with Gasteiger partial charge in [0.05, 0.1) is 9.85 Å². The van der Waals surface area contributed by atoms with Gasteiger partial charge in [-0.1, -0.05) is 35.3 Å². The van der Waals surface area contributed by atoms with Gasteiger partial charge in [0.15, 0.2) is 5.78 Å². The lowest BCUT2D eigenvalue weighted by Gasteiger charge is -2.16. The Kier molecular flexibility index (Phi) is 6.10. The van der Waals surface area contributed by atoms with Crippen molar-refractivity contribution >= 4 is 52.5 Å². The molecule has 0 spiro atoms. The highest BCUT2D eigenvalue weighted by Crippen LogP contribution is 2.32. The third-order valence-corrected chi connectivity index (χ3v) is 5.13. The molecule has 0 bridgehead atoms. The van der Waals surface area contributed by atoms with E-state index >= 15 is 0 Å². The van der Waals surface area contributed by atoms with Crippen LogP contribution in [0.5, 0.6) is 0 Å². The Hall–Kier alpha value is -3.03. The second-order valence-electron chi connectivity index (χ2n) is 6.46. The number of nitrogens with zero attached hydrogens (tertiary/aromatic N) is 2. The predicted octanol–water partition coefficient (Wildman–Crippen LogP) is 6.03. The van der Waals surface area contributed by atoms with E-state index in [1.807, 2.05) is 0 Å². The summed E-state index contributed by atoms with van der Waals surface area (Å²) in [5, 5.41) is 22.2. The van der Waals surface area contributed by atoms with E-state index in [1.165, 1.54) is 24.3 Å². The van der Waals surface area contributed by atoms with Crippen LogP contribution < -0.4 is 0 Å². The van der Waals surface area contributed by atoms with Crippen molar-refractivity contribution in [1.29, 1.82) is 0 Å². The molecule has 0 heterocycles. The molecule has 0 aromatic heterocycles. The summed E-state index contributed by atoms with van der Waals surface area (Å²) >= 11 is 11.7. The summed E-state index contributed by atoms with van der Waals surface area (Å²) in [6.07, 6.45) is 5.02. The SMILES string of the molecule is O=C1/C(=C\c2ccc(Cl)c([N+](=O)[O-])c2)CCC/C1=C\c1ccc(Cl)c([N+](=O)[O-])c1. The molecule has 1 fully saturated rings. The van der Waals surface area contributed by atoms with Crippen LogP contribution in [0.1, 0.15) is 30.4 Å². The molecule has 9 heteroatoms. The Bertz CT molecular complexity index is 1010. The molecule has 0 radical (unpaired) electrons. The lowest BCUT2D eigenvalue weighted by atomic mass is 9.87. The molecule has 0 unspecified atom stereocenters. The summed E-state index contributed by atoms with van der Waals surface area (Å²) < 4.78 is 0. The zero-order valence-corrected chi connectivity index (χ0v) is 16.4. The molecule has 0 aliphatic heterocycles. The standard InChI is InChI=1S/C20H14Cl2N2O5/c21-16-6-4-12(10-18(16)23(26)27)8-14-2-1-3-15(20(14)25)9-13-5-7-17(22)19(11-13)24(28)29/h4-11H,1-3H2/b14-8-,15-9+. The molecular weight excluding hydrogens is 419 g/mol. The van der Waals surface area contributed by atoms with Gasteiger partial charge in [0, 0.05) is 23.3 Å². The average molecular weight is 433 g/mol. The summed E-state index contributed by atoms with van der Waals surface area (Å²) in [6.45, 7) is 0. The van der Waals surface area contributed by atoms with E-state index in [4.69, 9.17) is 23.2 Å². The van der Waals surface area contributed by atoms with Crippen molar-refractivity contribution in [2.75, 3.05) is 0 Å². The maximum Gasteiger partial charge on any atom is 0.288 e. The van der Waals surface area contributed by atoms with Crippen molar-refractivity contribution in [3.05, 3.63) is 88.9 Å². The van der Waals surface area contributed by atoms with E-state index in [1.54, 1.807) is 24.3 Å². The first-order chi connectivity index (χ1) is 13.8. The molecule has 0 N–H and O–H groups in total. The number of hydrogen-bond acceptors (Lipinski definition) is 5. The lowest BCUT2D eigenvalue weighted by molar-refractivity contribution is -0.384. The highest BCUT2D eigenvalue weighted by atomic mass is 35.5. The van der Waals surface area contributed by atoms with E-state index in [2.05, 4.69) is 0 Å². The molecule has 0 amide bonds. The van der Waals surface area contributed by atoms with Crippen LogP contribution in [-0.2, 0) is 4.79 Å². The lowest BCUT2D eigenvalue weighted by Crippen LogP contribution is -2.12. The Labute approximate surface area is 175 Å². The van der Waals surface area contributed by atoms with Gasteiger partial charge in [0.2, 0.25) is 0 Å². The van der Waals surface area contributed by atoms with Crippen LogP contribution >= 0.6 is 23.2 Å². The highest BCUT2D eigenvalue weighted by molar-refractivity contribution is 6.33. The van der Waals surface area contributed by atoms with E-state index in [-0.39, 0.29) is 27.2 Å². The summed E-state index contributed by atoms with van der Waals surface area (Å²) in [6, 6.07) is 8.70. The van der Waals surface area contributed by atoms with Crippen LogP contribution in [0.2, 0.25) is 10.0 Å². The Balaban J connectivity index is 1.93. The third kappa shape index (κ3) is 4.70. The molecule has 1 aliphatic rings. The summed E-state index contributed by atoms with van der Waals surface area (Å²) in [7, 11) is 0. The van der Waals surface area contributed by atoms with Gasteiger partial charge in [-0.3, -0.25) is 25.0 Å². The van der Waals surface area contributed by atoms with Gasteiger partial charge in [-0.15, -0.1) is 0 Å². The fourth-order valence-electron chi connectivity index (χ4n) is 3.10. The smallest absolute Gasteiger partial charge is 0.288 e. The fraction of sp³-hybridized carbons (Fsp3) is 0.150. The van der Waals surface area contributed by atoms with Crippen LogP contribution in [0, 0.1) is 20.2 Å². The molecule has 0 atom stereocenters. The maximum atomic E-state index is 12.8. The van der Waals surface area contributed by atoms with Crippen molar-refractivity contribution in [1.82, 2.24) is 0 Å². The van der Waals surface area contributed by atoms with Crippen molar-refractivity contribution in [2.24, 2.45) is 0 Å². The average Bonchev–Trinajstić information content (AvgIpc) is 2.67. The van der Waals surface area contributed by atoms with Crippen molar-refractivity contribution < 1.29 is 14.6 Å². The van der Waals surface area contributed by atoms with Crippen molar-refractivity contribution in [2.45, 2.75) is 19.3 Å². The van der Waals surface area contributed by atoms with Crippen LogP contribution in [0.15, 0.2) is 47.5 Å². The van der Waals surface area contributed by atoms with E-state index in [0.29, 0.717) is 35.1 Å². The number of carbonyl (C=O) groups is 1. The first-order valence-corrected chi connectivity index (χ1v) is 9.35. The van der Waals surface area contributed by atoms with Gasteiger partial charge in [-0.05, 0) is 54.7 Å². The van der Waals surface area contributed by atoms with Gasteiger partial charge in [-0.2, -0.15) is 0 Å². The monoisotopic (exact) mass is 432 g/mol. The van der Waals surface area contributed by atoms with Gasteiger partial charge < -0.3 is 0 Å². The highest BCUT2D eigenvalue weighted by Gasteiger charge is 2.22. The molecule has 148 valence electrons. The minimum Gasteiger partial charge on any atom is -0.289 e. The van der Waals surface area contributed by atoms with Crippen LogP contribution in [-0.4, -0.2) is 15.6 Å². The number of halogens is 2. The molecule has 7 nitrogen and oxygen atoms in total. The molecular formula is C20H14Cl2N2O5. The molecule has 2 aromatic rings. The number of carbonyl (C=O) groups excluding carboxylic acids is 1. The second-order valence-corrected chi connectivity index (χ2v) is 7.27. The van der Waals surface area contributed by atoms with Gasteiger partial charge in [-0.25, -0.2) is 0 Å². The third-order valence-electron chi connectivity index (χ3n) is 4.49. The van der Waals surface area contributed by atoms with Crippen molar-refractivity contribution in [3.63, 3.8) is 0 Å². The predicted molar refractivity (Wildman–Crippen MR) is 111 cm³/mol. The number of ketones is 1. The van der Waals surface area contributed by atoms with E-state index < -0.39 is 9.85 Å². The number of Topliss-reactive ketones (excluding diaryl/α,β-unsaturated/α-hetero) is 1. The normalized spacial score (nSPS) is 17.0. The molecule has 3 rings (SSSR count). The van der Waals surface area contributed by atoms with Gasteiger partial charge >= 0.3 is 0 Å². The number of nitro groups is 2. The molecule has 1 aliphatic carbocycles. The van der Waals surface area contributed by atoms with Crippen LogP contribution in [0.25, 0.3) is 12.2 Å². The molecule has 0 saturated heterocycles. The van der Waals surface area contributed by atoms with Crippen molar-refractivity contribution in [3.8, 4) is 0 Å². The first-order valence-electron chi connectivity index (χ1n) is 8.60. The Morgan fingerprint density at radius 1 is 0.793 bits per heavy atom. The number of nitro benzene ring substituents is 2. The van der Waals surface area contributed by atoms with Crippen LogP contribution in [0.4, 0.5) is 11.4 Å². The minimum atomic E-state index is -0.578. The maximum absolute atomic E-state index is 12.8. The number of allylic oxidation sites excluding steroid dienone is 2. The summed E-state index contributed by atoms with van der Waals surface area (Å²) in [4.78, 5) is 33.8. The summed E-state index contributed by atoms with van der Waals surface area (Å²) in [5.74, 6) is -0.188. The molecule has 1 saturated carbocycles. The first kappa shape index (κ1) is 20.7. The topological polar surface area (TPSA) is 103 Å². The number of hydrogen-bond donors (Lipinski definition) is 0.